The lowest BCUT2D eigenvalue weighted by atomic mass is 10.3. The van der Waals surface area contributed by atoms with Gasteiger partial charge >= 0.3 is 5.97 Å². The van der Waals surface area contributed by atoms with E-state index < -0.39 is 5.97 Å². The predicted molar refractivity (Wildman–Crippen MR) is 55.6 cm³/mol. The van der Waals surface area contributed by atoms with E-state index in [1.165, 1.54) is 16.4 Å². The normalized spacial score (nSPS) is 10.2. The van der Waals surface area contributed by atoms with Gasteiger partial charge in [-0.3, -0.25) is 4.79 Å². The summed E-state index contributed by atoms with van der Waals surface area (Å²) in [5.74, 6) is -0.154. The summed E-state index contributed by atoms with van der Waals surface area (Å²) in [7, 11) is 0. The summed E-state index contributed by atoms with van der Waals surface area (Å²) < 4.78 is 1.27. The minimum atomic E-state index is -0.955. The number of hydrogen-bond acceptors (Lipinski definition) is 5. The maximum atomic E-state index is 10.5. The third-order valence-corrected chi connectivity index (χ3v) is 2.50. The first-order valence-corrected chi connectivity index (χ1v) is 5.33. The molecule has 1 rings (SSSR count). The average Bonchev–Trinajstić information content (AvgIpc) is 2.51. The molecule has 1 aromatic heterocycles. The molecule has 0 aromatic carbocycles. The highest BCUT2D eigenvalue weighted by Gasteiger charge is 2.09. The number of carboxylic acids is 1. The van der Waals surface area contributed by atoms with Crippen LogP contribution < -0.4 is 0 Å². The maximum absolute atomic E-state index is 10.5. The molecule has 0 unspecified atom stereocenters. The number of nitrogens with zero attached hydrogens (tertiary/aromatic N) is 4. The molecular formula is C8H12N4O2S. The summed E-state index contributed by atoms with van der Waals surface area (Å²) in [5, 5.41) is 19.9. The number of aliphatic carboxylic acids is 1. The smallest absolute Gasteiger partial charge is 0.325 e. The molecule has 0 amide bonds. The SMILES string of the molecule is C=C(C)CCSc1nnnn1CC(=O)O. The lowest BCUT2D eigenvalue weighted by Crippen LogP contribution is -2.11. The minimum Gasteiger partial charge on any atom is -0.480 e. The molecule has 0 spiro atoms. The van der Waals surface area contributed by atoms with E-state index in [0.717, 1.165) is 17.7 Å². The highest BCUT2D eigenvalue weighted by molar-refractivity contribution is 7.99. The van der Waals surface area contributed by atoms with E-state index in [4.69, 9.17) is 5.11 Å². The average molecular weight is 228 g/mol. The third kappa shape index (κ3) is 4.11. The van der Waals surface area contributed by atoms with Crippen LogP contribution >= 0.6 is 11.8 Å². The van der Waals surface area contributed by atoms with Gasteiger partial charge in [0.05, 0.1) is 0 Å². The summed E-state index contributed by atoms with van der Waals surface area (Å²) in [5.41, 5.74) is 1.08. The number of hydrogen-bond donors (Lipinski definition) is 1. The molecule has 7 heteroatoms. The van der Waals surface area contributed by atoms with E-state index in [2.05, 4.69) is 22.1 Å². The van der Waals surface area contributed by atoms with E-state index in [9.17, 15) is 4.79 Å². The fourth-order valence-corrected chi connectivity index (χ4v) is 1.82. The van der Waals surface area contributed by atoms with Gasteiger partial charge in [-0.25, -0.2) is 4.68 Å². The Morgan fingerprint density at radius 2 is 2.40 bits per heavy atom. The molecule has 0 aliphatic carbocycles. The Morgan fingerprint density at radius 1 is 1.67 bits per heavy atom. The van der Waals surface area contributed by atoms with Crippen LogP contribution in [0.2, 0.25) is 0 Å². The van der Waals surface area contributed by atoms with Gasteiger partial charge in [0.1, 0.15) is 6.54 Å². The molecule has 6 nitrogen and oxygen atoms in total. The van der Waals surface area contributed by atoms with Gasteiger partial charge in [-0.05, 0) is 23.8 Å². The second kappa shape index (κ2) is 5.50. The summed E-state index contributed by atoms with van der Waals surface area (Å²) in [6, 6.07) is 0. The molecule has 0 saturated carbocycles. The molecule has 1 aromatic rings. The van der Waals surface area contributed by atoms with Gasteiger partial charge < -0.3 is 5.11 Å². The number of aromatic nitrogens is 4. The van der Waals surface area contributed by atoms with E-state index in [-0.39, 0.29) is 6.54 Å². The monoisotopic (exact) mass is 228 g/mol. The van der Waals surface area contributed by atoms with E-state index in [1.54, 1.807) is 0 Å². The lowest BCUT2D eigenvalue weighted by molar-refractivity contribution is -0.138. The zero-order valence-corrected chi connectivity index (χ0v) is 9.20. The molecule has 0 bridgehead atoms. The summed E-state index contributed by atoms with van der Waals surface area (Å²) in [4.78, 5) is 10.5. The van der Waals surface area contributed by atoms with Crippen LogP contribution in [0.25, 0.3) is 0 Å². The second-order valence-corrected chi connectivity index (χ2v) is 4.13. The predicted octanol–water partition coefficient (Wildman–Crippen LogP) is 0.816. The number of thioether (sulfide) groups is 1. The Kier molecular flexibility index (Phi) is 4.29. The number of carbonyl (C=O) groups is 1. The van der Waals surface area contributed by atoms with Crippen LogP contribution in [0, 0.1) is 0 Å². The van der Waals surface area contributed by atoms with E-state index in [1.807, 2.05) is 6.92 Å². The van der Waals surface area contributed by atoms with Crippen molar-refractivity contribution >= 4 is 17.7 Å². The molecule has 82 valence electrons. The van der Waals surface area contributed by atoms with E-state index in [0.29, 0.717) is 5.16 Å². The second-order valence-electron chi connectivity index (χ2n) is 3.07. The third-order valence-electron chi connectivity index (χ3n) is 1.54. The van der Waals surface area contributed by atoms with Crippen molar-refractivity contribution in [1.29, 1.82) is 0 Å². The Morgan fingerprint density at radius 3 is 3.00 bits per heavy atom. The van der Waals surface area contributed by atoms with Gasteiger partial charge in [-0.15, -0.1) is 11.7 Å². The van der Waals surface area contributed by atoms with Crippen molar-refractivity contribution in [2.75, 3.05) is 5.75 Å². The van der Waals surface area contributed by atoms with Crippen LogP contribution in [-0.2, 0) is 11.3 Å². The van der Waals surface area contributed by atoms with Crippen molar-refractivity contribution in [2.45, 2.75) is 25.0 Å². The minimum absolute atomic E-state index is 0.206. The largest absolute Gasteiger partial charge is 0.480 e. The molecule has 1 heterocycles. The quantitative estimate of drug-likeness (QED) is 0.573. The van der Waals surface area contributed by atoms with Crippen molar-refractivity contribution in [1.82, 2.24) is 20.2 Å². The number of tetrazole rings is 1. The first-order valence-electron chi connectivity index (χ1n) is 4.34. The molecule has 15 heavy (non-hydrogen) atoms. The highest BCUT2D eigenvalue weighted by atomic mass is 32.2. The van der Waals surface area contributed by atoms with Crippen LogP contribution in [0.1, 0.15) is 13.3 Å². The van der Waals surface area contributed by atoms with Crippen LogP contribution in [0.15, 0.2) is 17.3 Å². The van der Waals surface area contributed by atoms with Crippen molar-refractivity contribution < 1.29 is 9.90 Å². The first kappa shape index (κ1) is 11.7. The Bertz CT molecular complexity index is 363. The summed E-state index contributed by atoms with van der Waals surface area (Å²) in [6.45, 7) is 5.52. The topological polar surface area (TPSA) is 80.9 Å². The van der Waals surface area contributed by atoms with Crippen LogP contribution in [0.5, 0.6) is 0 Å². The van der Waals surface area contributed by atoms with Gasteiger partial charge in [0.25, 0.3) is 0 Å². The van der Waals surface area contributed by atoms with Gasteiger partial charge in [0, 0.05) is 5.75 Å². The zero-order chi connectivity index (χ0) is 11.3. The van der Waals surface area contributed by atoms with Gasteiger partial charge in [0.2, 0.25) is 5.16 Å². The number of rotatable bonds is 6. The van der Waals surface area contributed by atoms with Crippen LogP contribution in [0.4, 0.5) is 0 Å². The molecule has 0 aliphatic rings. The number of allylic oxidation sites excluding steroid dienone is 1. The zero-order valence-electron chi connectivity index (χ0n) is 8.38. The van der Waals surface area contributed by atoms with Gasteiger partial charge in [-0.2, -0.15) is 0 Å². The lowest BCUT2D eigenvalue weighted by Gasteiger charge is -2.00. The van der Waals surface area contributed by atoms with Crippen molar-refractivity contribution in [3.8, 4) is 0 Å². The summed E-state index contributed by atoms with van der Waals surface area (Å²) >= 11 is 1.43. The van der Waals surface area contributed by atoms with Crippen molar-refractivity contribution in [3.05, 3.63) is 12.2 Å². The standard InChI is InChI=1S/C8H12N4O2S/c1-6(2)3-4-15-8-9-10-11-12(8)5-7(13)14/h1,3-5H2,2H3,(H,13,14). The maximum Gasteiger partial charge on any atom is 0.325 e. The molecule has 1 N–H and O–H groups in total. The van der Waals surface area contributed by atoms with Gasteiger partial charge in [-0.1, -0.05) is 17.3 Å². The number of carboxylic acid groups (broad SMARTS) is 1. The molecule has 0 radical (unpaired) electrons. The first-order chi connectivity index (χ1) is 7.09. The van der Waals surface area contributed by atoms with Crippen molar-refractivity contribution in [2.24, 2.45) is 0 Å². The van der Waals surface area contributed by atoms with Gasteiger partial charge in [0.15, 0.2) is 0 Å². The Hall–Kier alpha value is -1.37. The molecule has 0 saturated heterocycles. The van der Waals surface area contributed by atoms with Crippen LogP contribution in [-0.4, -0.2) is 37.0 Å². The fraction of sp³-hybridized carbons (Fsp3) is 0.500. The molecule has 0 atom stereocenters. The van der Waals surface area contributed by atoms with E-state index >= 15 is 0 Å². The Labute approximate surface area is 91.4 Å². The van der Waals surface area contributed by atoms with Crippen LogP contribution in [0.3, 0.4) is 0 Å². The Balaban J connectivity index is 2.49. The fourth-order valence-electron chi connectivity index (χ4n) is 0.844. The molecule has 0 fully saturated rings. The van der Waals surface area contributed by atoms with Crippen molar-refractivity contribution in [3.63, 3.8) is 0 Å². The molecular weight excluding hydrogens is 216 g/mol. The highest BCUT2D eigenvalue weighted by Crippen LogP contribution is 2.16. The molecule has 0 aliphatic heterocycles. The summed E-state index contributed by atoms with van der Waals surface area (Å²) in [6.07, 6.45) is 0.866.